The van der Waals surface area contributed by atoms with Crippen molar-refractivity contribution >= 4 is 21.8 Å². The van der Waals surface area contributed by atoms with Crippen LogP contribution in [-0.4, -0.2) is 18.2 Å². The highest BCUT2D eigenvalue weighted by atomic mass is 32.2. The van der Waals surface area contributed by atoms with Crippen molar-refractivity contribution in [2.45, 2.75) is 28.6 Å². The number of nitrogens with zero attached hydrogens (tertiary/aromatic N) is 2. The summed E-state index contributed by atoms with van der Waals surface area (Å²) in [5, 5.41) is 8.94. The second-order valence-electron chi connectivity index (χ2n) is 6.41. The van der Waals surface area contributed by atoms with Crippen LogP contribution < -0.4 is 5.14 Å². The molecule has 2 aromatic carbocycles. The van der Waals surface area contributed by atoms with Crippen LogP contribution >= 0.6 is 11.8 Å². The van der Waals surface area contributed by atoms with Crippen LogP contribution in [0.5, 0.6) is 0 Å². The fourth-order valence-electron chi connectivity index (χ4n) is 3.15. The minimum Gasteiger partial charge on any atom is -0.232 e. The van der Waals surface area contributed by atoms with Crippen molar-refractivity contribution in [1.29, 1.82) is 0 Å². The summed E-state index contributed by atoms with van der Waals surface area (Å²) < 4.78 is 64.9. The zero-order chi connectivity index (χ0) is 20.3. The quantitative estimate of drug-likeness (QED) is 0.670. The second kappa shape index (κ2) is 6.36. The average molecular weight is 425 g/mol. The molecule has 0 atom stereocenters. The summed E-state index contributed by atoms with van der Waals surface area (Å²) in [7, 11) is -3.90. The lowest BCUT2D eigenvalue weighted by atomic mass is 10.0. The fourth-order valence-corrected chi connectivity index (χ4v) is 4.83. The van der Waals surface area contributed by atoms with E-state index in [1.165, 1.54) is 40.7 Å². The van der Waals surface area contributed by atoms with Gasteiger partial charge in [-0.2, -0.15) is 18.3 Å². The third kappa shape index (κ3) is 3.21. The summed E-state index contributed by atoms with van der Waals surface area (Å²) in [5.41, 5.74) is 1.54. The van der Waals surface area contributed by atoms with Crippen molar-refractivity contribution in [2.24, 2.45) is 5.14 Å². The highest BCUT2D eigenvalue weighted by Gasteiger charge is 2.41. The number of benzene rings is 2. The molecular formula is C18H14F3N3O2S2. The van der Waals surface area contributed by atoms with Crippen LogP contribution in [0.1, 0.15) is 16.8 Å². The summed E-state index contributed by atoms with van der Waals surface area (Å²) in [6.45, 7) is 1.92. The number of sulfonamides is 1. The predicted octanol–water partition coefficient (Wildman–Crippen LogP) is 4.12. The van der Waals surface area contributed by atoms with Crippen molar-refractivity contribution in [3.8, 4) is 16.9 Å². The van der Waals surface area contributed by atoms with Crippen molar-refractivity contribution in [2.75, 3.05) is 0 Å². The monoisotopic (exact) mass is 425 g/mol. The molecule has 3 aromatic rings. The van der Waals surface area contributed by atoms with Crippen LogP contribution in [0.15, 0.2) is 52.3 Å². The Morgan fingerprint density at radius 3 is 2.43 bits per heavy atom. The molecule has 0 aliphatic carbocycles. The summed E-state index contributed by atoms with van der Waals surface area (Å²) in [6, 6.07) is 10.8. The molecule has 10 heteroatoms. The van der Waals surface area contributed by atoms with Gasteiger partial charge in [-0.15, -0.1) is 11.8 Å². The maximum atomic E-state index is 13.6. The molecule has 5 nitrogen and oxygen atoms in total. The Labute approximate surface area is 163 Å². The van der Waals surface area contributed by atoms with Crippen LogP contribution in [0.25, 0.3) is 16.9 Å². The number of thioether (sulfide) groups is 1. The Kier molecular flexibility index (Phi) is 4.32. The maximum Gasteiger partial charge on any atom is 0.435 e. The largest absolute Gasteiger partial charge is 0.435 e. The van der Waals surface area contributed by atoms with E-state index >= 15 is 0 Å². The van der Waals surface area contributed by atoms with E-state index in [1.807, 2.05) is 19.1 Å². The zero-order valence-electron chi connectivity index (χ0n) is 14.5. The number of alkyl halides is 3. The van der Waals surface area contributed by atoms with Crippen LogP contribution in [0.3, 0.4) is 0 Å². The summed E-state index contributed by atoms with van der Waals surface area (Å²) in [5.74, 6) is 0.149. The molecule has 1 aromatic heterocycles. The van der Waals surface area contributed by atoms with Gasteiger partial charge < -0.3 is 0 Å². The average Bonchev–Trinajstić information content (AvgIpc) is 3.01. The maximum absolute atomic E-state index is 13.6. The molecule has 0 unspecified atom stereocenters. The molecule has 0 radical (unpaired) electrons. The Hall–Kier alpha value is -2.30. The first-order valence-electron chi connectivity index (χ1n) is 8.12. The fraction of sp³-hybridized carbons (Fsp3) is 0.167. The van der Waals surface area contributed by atoms with Gasteiger partial charge in [0.2, 0.25) is 10.0 Å². The lowest BCUT2D eigenvalue weighted by Crippen LogP contribution is -2.12. The molecule has 0 bridgehead atoms. The van der Waals surface area contributed by atoms with E-state index in [0.717, 1.165) is 10.5 Å². The first-order chi connectivity index (χ1) is 13.1. The molecule has 28 heavy (non-hydrogen) atoms. The Balaban J connectivity index is 1.96. The van der Waals surface area contributed by atoms with Gasteiger partial charge in [-0.1, -0.05) is 12.1 Å². The number of rotatable bonds is 2. The van der Waals surface area contributed by atoms with Crippen molar-refractivity contribution in [3.05, 3.63) is 59.3 Å². The van der Waals surface area contributed by atoms with Gasteiger partial charge in [0, 0.05) is 21.8 Å². The highest BCUT2D eigenvalue weighted by Crippen LogP contribution is 2.47. The number of aryl methyl sites for hydroxylation is 1. The molecule has 0 amide bonds. The predicted molar refractivity (Wildman–Crippen MR) is 99.7 cm³/mol. The lowest BCUT2D eigenvalue weighted by molar-refractivity contribution is -0.141. The molecule has 4 rings (SSSR count). The molecule has 1 aliphatic rings. The molecule has 0 saturated heterocycles. The molecule has 0 spiro atoms. The van der Waals surface area contributed by atoms with Gasteiger partial charge in [-0.25, -0.2) is 18.2 Å². The van der Waals surface area contributed by atoms with E-state index in [-0.39, 0.29) is 16.2 Å². The van der Waals surface area contributed by atoms with E-state index in [2.05, 4.69) is 5.10 Å². The SMILES string of the molecule is Cc1ccc2c(c1)SCc1c(C(F)(F)F)nn(-c3ccc(S(N)(=O)=O)cc3)c1-2. The Morgan fingerprint density at radius 2 is 1.82 bits per heavy atom. The molecule has 0 saturated carbocycles. The third-order valence-corrected chi connectivity index (χ3v) is 6.44. The lowest BCUT2D eigenvalue weighted by Gasteiger charge is -2.19. The number of aromatic nitrogens is 2. The number of hydrogen-bond acceptors (Lipinski definition) is 4. The van der Waals surface area contributed by atoms with Gasteiger partial charge in [0.15, 0.2) is 5.69 Å². The normalized spacial score (nSPS) is 13.9. The van der Waals surface area contributed by atoms with Crippen LogP contribution in [0.2, 0.25) is 0 Å². The number of hydrogen-bond donors (Lipinski definition) is 1. The number of halogens is 3. The van der Waals surface area contributed by atoms with E-state index in [0.29, 0.717) is 16.9 Å². The van der Waals surface area contributed by atoms with E-state index in [1.54, 1.807) is 6.07 Å². The molecule has 2 heterocycles. The Morgan fingerprint density at radius 1 is 1.14 bits per heavy atom. The smallest absolute Gasteiger partial charge is 0.232 e. The first-order valence-corrected chi connectivity index (χ1v) is 10.6. The Bertz CT molecular complexity index is 1180. The molecule has 0 fully saturated rings. The van der Waals surface area contributed by atoms with Gasteiger partial charge in [-0.3, -0.25) is 0 Å². The first kappa shape index (κ1) is 19.0. The minimum atomic E-state index is -4.60. The molecule has 2 N–H and O–H groups in total. The molecular weight excluding hydrogens is 411 g/mol. The van der Waals surface area contributed by atoms with E-state index in [9.17, 15) is 21.6 Å². The number of nitrogens with two attached hydrogens (primary N) is 1. The molecule has 1 aliphatic heterocycles. The number of fused-ring (bicyclic) bond motifs is 3. The minimum absolute atomic E-state index is 0.115. The van der Waals surface area contributed by atoms with Crippen molar-refractivity contribution in [1.82, 2.24) is 9.78 Å². The summed E-state index contributed by atoms with van der Waals surface area (Å²) in [6.07, 6.45) is -4.60. The summed E-state index contributed by atoms with van der Waals surface area (Å²) in [4.78, 5) is 0.753. The van der Waals surface area contributed by atoms with Crippen molar-refractivity contribution in [3.63, 3.8) is 0 Å². The zero-order valence-corrected chi connectivity index (χ0v) is 16.1. The highest BCUT2D eigenvalue weighted by molar-refractivity contribution is 7.98. The van der Waals surface area contributed by atoms with E-state index < -0.39 is 21.9 Å². The summed E-state index contributed by atoms with van der Waals surface area (Å²) >= 11 is 1.34. The second-order valence-corrected chi connectivity index (χ2v) is 8.99. The third-order valence-electron chi connectivity index (χ3n) is 4.43. The van der Waals surface area contributed by atoms with E-state index in [4.69, 9.17) is 5.14 Å². The van der Waals surface area contributed by atoms with Crippen LogP contribution in [0.4, 0.5) is 13.2 Å². The molecule has 146 valence electrons. The standard InChI is InChI=1S/C18H14F3N3O2S2/c1-10-2-7-13-15(8-10)27-9-14-16(13)24(23-17(14)18(19,20)21)11-3-5-12(6-4-11)28(22,25)26/h2-8H,9H2,1H3,(H2,22,25,26). The van der Waals surface area contributed by atoms with Crippen LogP contribution in [0, 0.1) is 6.92 Å². The van der Waals surface area contributed by atoms with Crippen molar-refractivity contribution < 1.29 is 21.6 Å². The van der Waals surface area contributed by atoms with Gasteiger partial charge in [-0.05, 0) is 42.8 Å². The number of primary sulfonamides is 1. The van der Waals surface area contributed by atoms with Gasteiger partial charge in [0.1, 0.15) is 0 Å². The van der Waals surface area contributed by atoms with Gasteiger partial charge in [0.05, 0.1) is 16.3 Å². The van der Waals surface area contributed by atoms with Crippen LogP contribution in [-0.2, 0) is 22.0 Å². The van der Waals surface area contributed by atoms with Gasteiger partial charge >= 0.3 is 6.18 Å². The van der Waals surface area contributed by atoms with Gasteiger partial charge in [0.25, 0.3) is 0 Å². The topological polar surface area (TPSA) is 78.0 Å².